The molecule has 148 valence electrons. The van der Waals surface area contributed by atoms with Gasteiger partial charge in [-0.1, -0.05) is 36.4 Å². The van der Waals surface area contributed by atoms with Crippen LogP contribution in [-0.2, 0) is 16.0 Å². The Morgan fingerprint density at radius 2 is 1.83 bits per heavy atom. The Bertz CT molecular complexity index is 1030. The summed E-state index contributed by atoms with van der Waals surface area (Å²) >= 11 is 0. The topological polar surface area (TPSA) is 68.9 Å². The first kappa shape index (κ1) is 19.0. The zero-order valence-electron chi connectivity index (χ0n) is 16.1. The number of carboxylic acid groups (broad SMARTS) is 1. The van der Waals surface area contributed by atoms with Crippen molar-refractivity contribution in [3.8, 4) is 16.9 Å². The molecule has 1 heterocycles. The lowest BCUT2D eigenvalue weighted by Gasteiger charge is -2.12. The molecular formula is C24H22O5. The predicted octanol–water partition coefficient (Wildman–Crippen LogP) is 4.80. The molecule has 0 spiro atoms. The third-order valence-electron chi connectivity index (χ3n) is 4.94. The number of benzene rings is 2. The van der Waals surface area contributed by atoms with Gasteiger partial charge in [-0.2, -0.15) is 0 Å². The van der Waals surface area contributed by atoms with Crippen LogP contribution in [-0.4, -0.2) is 30.4 Å². The van der Waals surface area contributed by atoms with Crippen molar-refractivity contribution in [2.45, 2.75) is 19.4 Å². The van der Waals surface area contributed by atoms with Crippen LogP contribution < -0.4 is 4.74 Å². The fourth-order valence-electron chi connectivity index (χ4n) is 3.58. The maximum absolute atomic E-state index is 11.2. The highest BCUT2D eigenvalue weighted by Gasteiger charge is 2.25. The summed E-state index contributed by atoms with van der Waals surface area (Å²) in [5.74, 6) is 0.647. The van der Waals surface area contributed by atoms with Crippen molar-refractivity contribution in [2.75, 3.05) is 13.2 Å². The minimum Gasteiger partial charge on any atom is -0.490 e. The lowest BCUT2D eigenvalue weighted by molar-refractivity contribution is -0.149. The number of furan rings is 1. The molecule has 1 unspecified atom stereocenters. The molecule has 0 aliphatic heterocycles. The molecule has 5 nitrogen and oxygen atoms in total. The Kier molecular flexibility index (Phi) is 5.49. The normalized spacial score (nSPS) is 14.4. The quantitative estimate of drug-likeness (QED) is 0.468. The summed E-state index contributed by atoms with van der Waals surface area (Å²) in [4.78, 5) is 11.2. The van der Waals surface area contributed by atoms with Crippen LogP contribution in [0.15, 0.2) is 71.4 Å². The van der Waals surface area contributed by atoms with E-state index >= 15 is 0 Å². The van der Waals surface area contributed by atoms with Gasteiger partial charge in [-0.15, -0.1) is 0 Å². The van der Waals surface area contributed by atoms with Crippen LogP contribution in [0.5, 0.6) is 5.75 Å². The van der Waals surface area contributed by atoms with Crippen LogP contribution in [0.1, 0.15) is 23.8 Å². The van der Waals surface area contributed by atoms with Crippen LogP contribution >= 0.6 is 0 Å². The first-order chi connectivity index (χ1) is 14.2. The van der Waals surface area contributed by atoms with Crippen LogP contribution in [0.25, 0.3) is 16.7 Å². The smallest absolute Gasteiger partial charge is 0.333 e. The van der Waals surface area contributed by atoms with Crippen molar-refractivity contribution in [3.05, 3.63) is 83.8 Å². The maximum atomic E-state index is 11.2. The minimum atomic E-state index is -0.951. The van der Waals surface area contributed by atoms with Gasteiger partial charge in [0.25, 0.3) is 0 Å². The molecule has 0 saturated carbocycles. The van der Waals surface area contributed by atoms with Crippen LogP contribution in [0.4, 0.5) is 0 Å². The Hall–Kier alpha value is -3.31. The molecule has 1 aliphatic rings. The Labute approximate surface area is 169 Å². The van der Waals surface area contributed by atoms with Gasteiger partial charge in [0.2, 0.25) is 0 Å². The van der Waals surface area contributed by atoms with Crippen molar-refractivity contribution >= 4 is 11.5 Å². The second kappa shape index (κ2) is 8.37. The molecule has 0 radical (unpaired) electrons. The Morgan fingerprint density at radius 3 is 2.55 bits per heavy atom. The van der Waals surface area contributed by atoms with Gasteiger partial charge in [-0.25, -0.2) is 4.79 Å². The molecule has 0 saturated heterocycles. The van der Waals surface area contributed by atoms with E-state index in [0.29, 0.717) is 19.6 Å². The number of carbonyl (C=O) groups is 1. The highest BCUT2D eigenvalue weighted by molar-refractivity contribution is 5.99. The van der Waals surface area contributed by atoms with Crippen molar-refractivity contribution in [2.24, 2.45) is 0 Å². The van der Waals surface area contributed by atoms with E-state index in [0.717, 1.165) is 33.8 Å². The number of aliphatic carboxylic acids is 1. The molecule has 3 aromatic rings. The molecule has 0 bridgehead atoms. The largest absolute Gasteiger partial charge is 0.490 e. The molecule has 2 aromatic carbocycles. The van der Waals surface area contributed by atoms with E-state index in [-0.39, 0.29) is 0 Å². The minimum absolute atomic E-state index is 0.325. The SMILES string of the molecule is CCOC(Cc1ccc(OC/C=C2\c3ccccc3-c3ccoc32)cc1)C(=O)O. The van der Waals surface area contributed by atoms with E-state index in [9.17, 15) is 9.90 Å². The molecule has 1 N–H and O–H groups in total. The van der Waals surface area contributed by atoms with Crippen LogP contribution in [0.2, 0.25) is 0 Å². The van der Waals surface area contributed by atoms with Crippen molar-refractivity contribution in [1.82, 2.24) is 0 Å². The number of hydrogen-bond donors (Lipinski definition) is 1. The summed E-state index contributed by atoms with van der Waals surface area (Å²) in [5.41, 5.74) is 5.36. The van der Waals surface area contributed by atoms with Gasteiger partial charge in [-0.3, -0.25) is 0 Å². The molecule has 0 fully saturated rings. The van der Waals surface area contributed by atoms with Gasteiger partial charge < -0.3 is 19.0 Å². The average Bonchev–Trinajstić information content (AvgIpc) is 3.31. The van der Waals surface area contributed by atoms with E-state index in [1.807, 2.05) is 48.5 Å². The van der Waals surface area contributed by atoms with E-state index in [1.54, 1.807) is 13.2 Å². The molecule has 5 heteroatoms. The van der Waals surface area contributed by atoms with E-state index in [2.05, 4.69) is 12.1 Å². The summed E-state index contributed by atoms with van der Waals surface area (Å²) in [6.07, 6.45) is 3.23. The standard InChI is InChI=1S/C24H22O5/c1-2-27-22(24(25)26)15-16-7-9-17(10-8-16)28-13-11-20-18-5-3-4-6-19(18)21-12-14-29-23(20)21/h3-12,14,22H,2,13,15H2,1H3,(H,25,26)/b20-11+. The second-order valence-corrected chi connectivity index (χ2v) is 6.77. The van der Waals surface area contributed by atoms with Gasteiger partial charge in [0, 0.05) is 24.2 Å². The molecular weight excluding hydrogens is 368 g/mol. The highest BCUT2D eigenvalue weighted by Crippen LogP contribution is 2.44. The highest BCUT2D eigenvalue weighted by atomic mass is 16.5. The lowest BCUT2D eigenvalue weighted by Crippen LogP contribution is -2.26. The molecule has 1 atom stereocenters. The fraction of sp³-hybridized carbons (Fsp3) is 0.208. The second-order valence-electron chi connectivity index (χ2n) is 6.77. The van der Waals surface area contributed by atoms with E-state index < -0.39 is 12.1 Å². The molecule has 1 aromatic heterocycles. The number of hydrogen-bond acceptors (Lipinski definition) is 4. The van der Waals surface area contributed by atoms with E-state index in [4.69, 9.17) is 13.9 Å². The zero-order chi connectivity index (χ0) is 20.2. The molecule has 1 aliphatic carbocycles. The summed E-state index contributed by atoms with van der Waals surface area (Å²) in [7, 11) is 0. The van der Waals surface area contributed by atoms with Gasteiger partial charge in [0.15, 0.2) is 6.10 Å². The van der Waals surface area contributed by atoms with Crippen LogP contribution in [0.3, 0.4) is 0 Å². The third-order valence-corrected chi connectivity index (χ3v) is 4.94. The van der Waals surface area contributed by atoms with Gasteiger partial charge in [0.05, 0.1) is 6.26 Å². The average molecular weight is 390 g/mol. The summed E-state index contributed by atoms with van der Waals surface area (Å²) in [5, 5.41) is 9.20. The summed E-state index contributed by atoms with van der Waals surface area (Å²) in [6, 6.07) is 17.6. The van der Waals surface area contributed by atoms with Gasteiger partial charge in [0.1, 0.15) is 18.1 Å². The Balaban J connectivity index is 1.42. The first-order valence-electron chi connectivity index (χ1n) is 9.61. The van der Waals surface area contributed by atoms with Crippen molar-refractivity contribution in [1.29, 1.82) is 0 Å². The summed E-state index contributed by atoms with van der Waals surface area (Å²) in [6.45, 7) is 2.56. The van der Waals surface area contributed by atoms with Crippen molar-refractivity contribution in [3.63, 3.8) is 0 Å². The van der Waals surface area contributed by atoms with Gasteiger partial charge >= 0.3 is 5.97 Å². The third kappa shape index (κ3) is 3.96. The van der Waals surface area contributed by atoms with Crippen molar-refractivity contribution < 1.29 is 23.8 Å². The van der Waals surface area contributed by atoms with E-state index in [1.165, 1.54) is 5.56 Å². The fourth-order valence-corrected chi connectivity index (χ4v) is 3.58. The molecule has 0 amide bonds. The lowest BCUT2D eigenvalue weighted by atomic mass is 10.1. The summed E-state index contributed by atoms with van der Waals surface area (Å²) < 4.78 is 16.8. The van der Waals surface area contributed by atoms with Gasteiger partial charge in [-0.05, 0) is 47.9 Å². The predicted molar refractivity (Wildman–Crippen MR) is 110 cm³/mol. The zero-order valence-corrected chi connectivity index (χ0v) is 16.1. The maximum Gasteiger partial charge on any atom is 0.333 e. The first-order valence-corrected chi connectivity index (χ1v) is 9.61. The molecule has 4 rings (SSSR count). The van der Waals surface area contributed by atoms with Crippen LogP contribution in [0, 0.1) is 0 Å². The molecule has 29 heavy (non-hydrogen) atoms. The monoisotopic (exact) mass is 390 g/mol. The number of ether oxygens (including phenoxy) is 2. The number of fused-ring (bicyclic) bond motifs is 3. The number of carboxylic acids is 1. The Morgan fingerprint density at radius 1 is 1.07 bits per heavy atom. The number of rotatable bonds is 8.